The summed E-state index contributed by atoms with van der Waals surface area (Å²) >= 11 is 0. The average Bonchev–Trinajstić information content (AvgIpc) is 4.22. The van der Waals surface area contributed by atoms with Gasteiger partial charge in [0.25, 0.3) is 0 Å². The summed E-state index contributed by atoms with van der Waals surface area (Å²) < 4.78 is 109. The summed E-state index contributed by atoms with van der Waals surface area (Å²) in [5, 5.41) is 41.7. The predicted octanol–water partition coefficient (Wildman–Crippen LogP) is 4.31. The molecule has 3 fully saturated rings. The molecule has 82 heavy (non-hydrogen) atoms. The van der Waals surface area contributed by atoms with Gasteiger partial charge in [-0.25, -0.2) is 25.6 Å². The van der Waals surface area contributed by atoms with E-state index in [-0.39, 0.29) is 116 Å². The fraction of sp³-hybridized carbons (Fsp3) is 0.433. The van der Waals surface area contributed by atoms with Gasteiger partial charge in [0, 0.05) is 87.0 Å². The number of carbonyl (C=O) groups excluding carboxylic acids is 2. The third-order valence-electron chi connectivity index (χ3n) is 14.7. The van der Waals surface area contributed by atoms with Crippen LogP contribution >= 0.6 is 0 Å². The molecule has 4 aromatic carbocycles. The predicted molar refractivity (Wildman–Crippen MR) is 298 cm³/mol. The molecule has 22 heteroatoms. The minimum absolute atomic E-state index is 0. The topological polar surface area (TPSA) is 230 Å². The number of benzene rings is 4. The van der Waals surface area contributed by atoms with Gasteiger partial charge in [0.05, 0.1) is 62.5 Å². The molecule has 436 valence electrons. The van der Waals surface area contributed by atoms with Crippen LogP contribution in [0, 0.1) is 11.6 Å². The molecule has 6 aromatic rings. The number of carbonyl (C=O) groups is 2. The molecule has 3 aliphatic heterocycles. The molecule has 1 unspecified atom stereocenters. The second kappa shape index (κ2) is 28.6. The maximum atomic E-state index is 14.5. The van der Waals surface area contributed by atoms with E-state index in [0.717, 1.165) is 17.0 Å². The van der Waals surface area contributed by atoms with Gasteiger partial charge >= 0.3 is 35.5 Å². The Labute approximate surface area is 500 Å². The summed E-state index contributed by atoms with van der Waals surface area (Å²) in [4.78, 5) is 23.2. The molecule has 3 aliphatic rings. The Morgan fingerprint density at radius 2 is 1.05 bits per heavy atom. The van der Waals surface area contributed by atoms with E-state index in [4.69, 9.17) is 14.2 Å². The van der Waals surface area contributed by atoms with Gasteiger partial charge in [0.15, 0.2) is 0 Å². The number of hydrogen-bond donors (Lipinski definition) is 3. The van der Waals surface area contributed by atoms with E-state index >= 15 is 0 Å². The number of aliphatic hydroxyl groups excluding tert-OH is 3. The summed E-state index contributed by atoms with van der Waals surface area (Å²) in [7, 11) is -8.08. The molecule has 0 amide bonds. The molecule has 0 spiro atoms. The molecule has 0 aliphatic carbocycles. The maximum Gasteiger partial charge on any atom is 1.00 e. The molecule has 4 atom stereocenters. The fourth-order valence-electron chi connectivity index (χ4n) is 11.1. The van der Waals surface area contributed by atoms with Crippen molar-refractivity contribution < 1.29 is 99.4 Å². The number of nitrogens with zero attached hydrogens (tertiary/aromatic N) is 4. The number of rotatable bonds is 20. The molecule has 3 N–H and O–H groups in total. The first-order valence-electron chi connectivity index (χ1n) is 27.4. The van der Waals surface area contributed by atoms with Crippen molar-refractivity contribution in [3.63, 3.8) is 0 Å². The molecule has 5 heterocycles. The normalized spacial score (nSPS) is 18.1. The first kappa shape index (κ1) is 64.4. The second-order valence-electron chi connectivity index (χ2n) is 21.2. The minimum Gasteiger partial charge on any atom is -0.550 e. The van der Waals surface area contributed by atoms with Gasteiger partial charge in [-0.2, -0.15) is 8.61 Å². The Morgan fingerprint density at radius 3 is 1.44 bits per heavy atom. The quantitative estimate of drug-likeness (QED) is 0.0716. The number of aliphatic hydroxyl groups is 3. The first-order chi connectivity index (χ1) is 38.7. The number of carboxylic acid groups (broad SMARTS) is 1. The standard InChI is InChI=1S/C30H37FN2O7S.C30H35FN2O6S.Na/c1-20(2)28-27(21-6-4-3-5-7-21)30(41(38,39)32-14-16-40-17-15-32)29(22-8-10-23(31)11-9-22)33(28)13-12-24(34)18-25(35)19-26(36)37;1-20(2)28-27(21-6-4-3-5-7-21)30(40(36,37)32-14-16-38-17-15-32)29(22-8-10-23(31)11-9-22)33(28)13-12-25-18-24(34)19-26(35)39-25;/h3-11,20,24-25,34-35H,12-19H2,1-2H3,(H,36,37);3-11,20,24-25,34H,12-19H2,1-2H3;/q;;+1/p-1/t24-,25-;24-,25?;/m11./s1. The third-order valence-corrected chi connectivity index (χ3v) is 18.6. The second-order valence-corrected chi connectivity index (χ2v) is 24.9. The Morgan fingerprint density at radius 1 is 0.634 bits per heavy atom. The summed E-state index contributed by atoms with van der Waals surface area (Å²) in [6.45, 7) is 10.4. The van der Waals surface area contributed by atoms with Gasteiger partial charge in [-0.3, -0.25) is 4.79 Å². The van der Waals surface area contributed by atoms with Crippen molar-refractivity contribution in [3.05, 3.63) is 132 Å². The average molecular weight is 1180 g/mol. The van der Waals surface area contributed by atoms with Crippen LogP contribution in [-0.4, -0.2) is 139 Å². The zero-order valence-electron chi connectivity index (χ0n) is 47.0. The van der Waals surface area contributed by atoms with Gasteiger partial charge < -0.3 is 48.6 Å². The number of aromatic nitrogens is 2. The van der Waals surface area contributed by atoms with Crippen LogP contribution in [-0.2, 0) is 56.9 Å². The fourth-order valence-corrected chi connectivity index (χ4v) is 14.8. The number of ether oxygens (including phenoxy) is 3. The van der Waals surface area contributed by atoms with Crippen molar-refractivity contribution in [2.75, 3.05) is 52.6 Å². The summed E-state index contributed by atoms with van der Waals surface area (Å²) in [6.07, 6.45) is -3.60. The number of halogens is 2. The number of aliphatic carboxylic acids is 1. The molecule has 0 radical (unpaired) electrons. The summed E-state index contributed by atoms with van der Waals surface area (Å²) in [5.41, 5.74) is 6.07. The van der Waals surface area contributed by atoms with Crippen LogP contribution in [0.25, 0.3) is 44.8 Å². The molecule has 17 nitrogen and oxygen atoms in total. The Hall–Kier alpha value is -5.14. The van der Waals surface area contributed by atoms with Crippen LogP contribution in [0.1, 0.15) is 89.4 Å². The van der Waals surface area contributed by atoms with Crippen molar-refractivity contribution in [1.29, 1.82) is 0 Å². The van der Waals surface area contributed by atoms with Crippen molar-refractivity contribution >= 4 is 32.0 Å². The maximum absolute atomic E-state index is 14.5. The minimum atomic E-state index is -4.07. The molecular weight excluding hydrogens is 1110 g/mol. The number of morpholine rings is 2. The van der Waals surface area contributed by atoms with Crippen molar-refractivity contribution in [1.82, 2.24) is 17.7 Å². The van der Waals surface area contributed by atoms with Crippen LogP contribution in [0.4, 0.5) is 8.78 Å². The van der Waals surface area contributed by atoms with Gasteiger partial charge in [-0.1, -0.05) is 88.4 Å². The SMILES string of the molecule is CC(C)c1c(-c2ccccc2)c(S(=O)(=O)N2CCOCC2)c(-c2ccc(F)cc2)n1CCC1C[C@@H](O)CC(=O)O1.CC(C)c1c(-c2ccccc2)c(S(=O)(=O)N2CCOCC2)c(-c2ccc(F)cc2)n1CC[C@@H](O)C[C@@H](O)CC(=O)[O-].[Na+]. The van der Waals surface area contributed by atoms with Crippen LogP contribution in [0.2, 0.25) is 0 Å². The number of esters is 1. The largest absolute Gasteiger partial charge is 1.00 e. The molecular formula is C60H71F2N4NaO13S2. The van der Waals surface area contributed by atoms with Gasteiger partial charge in [-0.15, -0.1) is 0 Å². The van der Waals surface area contributed by atoms with Crippen molar-refractivity contribution in [2.24, 2.45) is 0 Å². The van der Waals surface area contributed by atoms with E-state index in [2.05, 4.69) is 0 Å². The zero-order chi connectivity index (χ0) is 58.2. The van der Waals surface area contributed by atoms with Crippen LogP contribution in [0.3, 0.4) is 0 Å². The number of hydrogen-bond acceptors (Lipinski definition) is 13. The summed E-state index contributed by atoms with van der Waals surface area (Å²) in [6, 6.07) is 30.2. The van der Waals surface area contributed by atoms with E-state index in [1.54, 1.807) is 24.3 Å². The molecule has 2 aromatic heterocycles. The number of sulfonamides is 2. The van der Waals surface area contributed by atoms with Gasteiger partial charge in [-0.05, 0) is 95.5 Å². The van der Waals surface area contributed by atoms with Gasteiger partial charge in [0.1, 0.15) is 27.5 Å². The Bertz CT molecular complexity index is 3330. The summed E-state index contributed by atoms with van der Waals surface area (Å²) in [5.74, 6) is -2.98. The monoisotopic (exact) mass is 1180 g/mol. The van der Waals surface area contributed by atoms with Crippen LogP contribution in [0.5, 0.6) is 0 Å². The third kappa shape index (κ3) is 15.0. The molecule has 0 saturated carbocycles. The van der Waals surface area contributed by atoms with Gasteiger partial charge in [0.2, 0.25) is 20.0 Å². The van der Waals surface area contributed by atoms with E-state index in [1.807, 2.05) is 97.5 Å². The Kier molecular flexibility index (Phi) is 22.5. The van der Waals surface area contributed by atoms with E-state index in [9.17, 15) is 55.6 Å². The number of carboxylic acids is 1. The zero-order valence-corrected chi connectivity index (χ0v) is 50.6. The first-order valence-corrected chi connectivity index (χ1v) is 30.3. The van der Waals surface area contributed by atoms with Crippen molar-refractivity contribution in [2.45, 2.75) is 125 Å². The van der Waals surface area contributed by atoms with Crippen LogP contribution in [0.15, 0.2) is 119 Å². The van der Waals surface area contributed by atoms with E-state index < -0.39 is 74.5 Å². The molecule has 3 saturated heterocycles. The van der Waals surface area contributed by atoms with Crippen LogP contribution < -0.4 is 34.7 Å². The van der Waals surface area contributed by atoms with Crippen molar-refractivity contribution in [3.8, 4) is 44.8 Å². The molecule has 9 rings (SSSR count). The van der Waals surface area contributed by atoms with E-state index in [0.29, 0.717) is 71.8 Å². The van der Waals surface area contributed by atoms with E-state index in [1.165, 1.54) is 32.9 Å². The Balaban J connectivity index is 0.000000233. The molecule has 0 bridgehead atoms. The smallest absolute Gasteiger partial charge is 0.550 e. The number of cyclic esters (lactones) is 1.